The predicted molar refractivity (Wildman–Crippen MR) is 77.7 cm³/mol. The number of carbonyl (C=O) groups is 1. The second kappa shape index (κ2) is 6.71. The Bertz CT molecular complexity index is 531. The molecular weight excluding hydrogens is 275 g/mol. The molecule has 1 aromatic rings. The van der Waals surface area contributed by atoms with E-state index in [4.69, 9.17) is 23.7 Å². The maximum Gasteiger partial charge on any atom is 0.305 e. The van der Waals surface area contributed by atoms with Gasteiger partial charge in [-0.2, -0.15) is 0 Å². The molecule has 114 valence electrons. The van der Waals surface area contributed by atoms with E-state index in [0.29, 0.717) is 29.4 Å². The largest absolute Gasteiger partial charge is 0.467 e. The summed E-state index contributed by atoms with van der Waals surface area (Å²) in [4.78, 5) is 12.0. The van der Waals surface area contributed by atoms with Gasteiger partial charge in [-0.1, -0.05) is 0 Å². The second-order valence-electron chi connectivity index (χ2n) is 4.68. The molecule has 1 aliphatic heterocycles. The summed E-state index contributed by atoms with van der Waals surface area (Å²) >= 11 is 0. The maximum absolute atomic E-state index is 12.0. The van der Waals surface area contributed by atoms with Crippen molar-refractivity contribution in [3.8, 4) is 17.2 Å². The van der Waals surface area contributed by atoms with E-state index in [1.165, 1.54) is 0 Å². The molecule has 0 fully saturated rings. The molecule has 2 rings (SSSR count). The minimum atomic E-state index is -0.467. The molecular formula is C14H19BO6. The van der Waals surface area contributed by atoms with Crippen LogP contribution < -0.4 is 14.2 Å². The number of methoxy groups -OCH3 is 1. The van der Waals surface area contributed by atoms with Gasteiger partial charge in [0.2, 0.25) is 6.79 Å². The summed E-state index contributed by atoms with van der Waals surface area (Å²) in [5, 5.41) is 0. The van der Waals surface area contributed by atoms with Gasteiger partial charge in [-0.25, -0.2) is 0 Å². The van der Waals surface area contributed by atoms with Gasteiger partial charge in [-0.05, 0) is 19.9 Å². The fraction of sp³-hybridized carbons (Fsp3) is 0.500. The van der Waals surface area contributed by atoms with Gasteiger partial charge in [0.15, 0.2) is 18.3 Å². The molecule has 1 unspecified atom stereocenters. The van der Waals surface area contributed by atoms with Crippen LogP contribution in [-0.2, 0) is 14.3 Å². The van der Waals surface area contributed by atoms with Crippen molar-refractivity contribution in [1.29, 1.82) is 0 Å². The Balaban J connectivity index is 2.40. The normalized spacial score (nSPS) is 13.9. The Morgan fingerprint density at radius 3 is 2.81 bits per heavy atom. The number of hydrogen-bond donors (Lipinski definition) is 0. The highest BCUT2D eigenvalue weighted by atomic mass is 16.7. The zero-order chi connectivity index (χ0) is 15.4. The maximum atomic E-state index is 12.0. The molecule has 0 aliphatic carbocycles. The van der Waals surface area contributed by atoms with Crippen LogP contribution in [0.25, 0.3) is 0 Å². The topological polar surface area (TPSA) is 63.2 Å². The molecule has 6 nitrogen and oxygen atoms in total. The Kier molecular flexibility index (Phi) is 4.96. The Morgan fingerprint density at radius 1 is 1.43 bits per heavy atom. The lowest BCUT2D eigenvalue weighted by atomic mass is 9.80. The fourth-order valence-electron chi connectivity index (χ4n) is 2.19. The summed E-state index contributed by atoms with van der Waals surface area (Å²) in [6.45, 7) is 4.23. The first-order chi connectivity index (χ1) is 10.1. The standard InChI is InChI=1S/C14H19BO6/c1-4-18-14(16)11(15)9-5-10(19-6-17-3)8(2)12-13(9)21-7-20-12/h5,11H,4,6-7,15H2,1-3H3. The molecule has 0 saturated heterocycles. The van der Waals surface area contributed by atoms with Crippen LogP contribution in [0.2, 0.25) is 0 Å². The SMILES string of the molecule is BC(C(=O)OCC)c1cc(OCOC)c(C)c2c1OCO2. The first-order valence-electron chi connectivity index (χ1n) is 6.81. The van der Waals surface area contributed by atoms with E-state index < -0.39 is 5.82 Å². The number of carbonyl (C=O) groups excluding carboxylic acids is 1. The van der Waals surface area contributed by atoms with Gasteiger partial charge in [-0.3, -0.25) is 4.79 Å². The summed E-state index contributed by atoms with van der Waals surface area (Å²) in [6.07, 6.45) is 0. The predicted octanol–water partition coefficient (Wildman–Crippen LogP) is 0.944. The van der Waals surface area contributed by atoms with Gasteiger partial charge in [0.25, 0.3) is 0 Å². The van der Waals surface area contributed by atoms with E-state index in [0.717, 1.165) is 5.56 Å². The molecule has 0 aromatic heterocycles. The van der Waals surface area contributed by atoms with E-state index >= 15 is 0 Å². The number of rotatable bonds is 6. The van der Waals surface area contributed by atoms with Crippen molar-refractivity contribution in [1.82, 2.24) is 0 Å². The van der Waals surface area contributed by atoms with Crippen molar-refractivity contribution >= 4 is 13.8 Å². The molecule has 7 heteroatoms. The third kappa shape index (κ3) is 3.07. The minimum Gasteiger partial charge on any atom is -0.467 e. The lowest BCUT2D eigenvalue weighted by Gasteiger charge is -2.17. The minimum absolute atomic E-state index is 0.119. The Morgan fingerprint density at radius 2 is 2.14 bits per heavy atom. The Hall–Kier alpha value is -1.89. The van der Waals surface area contributed by atoms with Crippen molar-refractivity contribution < 1.29 is 28.5 Å². The molecule has 0 saturated carbocycles. The molecule has 1 aliphatic rings. The van der Waals surface area contributed by atoms with E-state index in [-0.39, 0.29) is 19.6 Å². The molecule has 0 amide bonds. The van der Waals surface area contributed by atoms with Gasteiger partial charge in [0.1, 0.15) is 13.6 Å². The molecule has 0 N–H and O–H groups in total. The molecule has 21 heavy (non-hydrogen) atoms. The van der Waals surface area contributed by atoms with Crippen LogP contribution in [0.4, 0.5) is 0 Å². The highest BCUT2D eigenvalue weighted by Gasteiger charge is 2.29. The van der Waals surface area contributed by atoms with Crippen LogP contribution in [0.3, 0.4) is 0 Å². The van der Waals surface area contributed by atoms with Gasteiger partial charge < -0.3 is 23.7 Å². The van der Waals surface area contributed by atoms with Crippen LogP contribution >= 0.6 is 0 Å². The number of esters is 1. The molecule has 0 radical (unpaired) electrons. The number of benzene rings is 1. The fourth-order valence-corrected chi connectivity index (χ4v) is 2.19. The smallest absolute Gasteiger partial charge is 0.305 e. The molecule has 1 aromatic carbocycles. The lowest BCUT2D eigenvalue weighted by molar-refractivity contribution is -0.142. The van der Waals surface area contributed by atoms with Gasteiger partial charge in [0.05, 0.1) is 12.4 Å². The highest BCUT2D eigenvalue weighted by Crippen LogP contribution is 2.45. The zero-order valence-electron chi connectivity index (χ0n) is 12.7. The van der Waals surface area contributed by atoms with Gasteiger partial charge in [0, 0.05) is 18.2 Å². The van der Waals surface area contributed by atoms with Crippen LogP contribution in [0.15, 0.2) is 6.07 Å². The van der Waals surface area contributed by atoms with Crippen LogP contribution in [-0.4, -0.2) is 41.1 Å². The van der Waals surface area contributed by atoms with E-state index in [9.17, 15) is 4.79 Å². The second-order valence-corrected chi connectivity index (χ2v) is 4.68. The first kappa shape index (κ1) is 15.5. The van der Waals surface area contributed by atoms with E-state index in [1.54, 1.807) is 27.9 Å². The van der Waals surface area contributed by atoms with Crippen LogP contribution in [0.5, 0.6) is 17.2 Å². The van der Waals surface area contributed by atoms with Crippen molar-refractivity contribution in [2.24, 2.45) is 0 Å². The monoisotopic (exact) mass is 294 g/mol. The first-order valence-corrected chi connectivity index (χ1v) is 6.81. The average molecular weight is 294 g/mol. The number of fused-ring (bicyclic) bond motifs is 1. The third-order valence-electron chi connectivity index (χ3n) is 3.31. The third-order valence-corrected chi connectivity index (χ3v) is 3.31. The highest BCUT2D eigenvalue weighted by molar-refractivity contribution is 6.23. The van der Waals surface area contributed by atoms with Crippen LogP contribution in [0.1, 0.15) is 23.9 Å². The average Bonchev–Trinajstić information content (AvgIpc) is 2.96. The summed E-state index contributed by atoms with van der Waals surface area (Å²) < 4.78 is 26.5. The number of hydrogen-bond acceptors (Lipinski definition) is 6. The summed E-state index contributed by atoms with van der Waals surface area (Å²) in [5.74, 6) is 1.02. The molecule has 0 spiro atoms. The van der Waals surface area contributed by atoms with Crippen molar-refractivity contribution in [2.75, 3.05) is 27.3 Å². The van der Waals surface area contributed by atoms with Crippen molar-refractivity contribution in [2.45, 2.75) is 19.7 Å². The van der Waals surface area contributed by atoms with E-state index in [2.05, 4.69) is 0 Å². The summed E-state index contributed by atoms with van der Waals surface area (Å²) in [5.41, 5.74) is 1.51. The van der Waals surface area contributed by atoms with Crippen molar-refractivity contribution in [3.05, 3.63) is 17.2 Å². The lowest BCUT2D eigenvalue weighted by Crippen LogP contribution is -2.17. The number of ether oxygens (including phenoxy) is 5. The van der Waals surface area contributed by atoms with E-state index in [1.807, 2.05) is 6.92 Å². The zero-order valence-corrected chi connectivity index (χ0v) is 12.7. The van der Waals surface area contributed by atoms with Gasteiger partial charge in [-0.15, -0.1) is 0 Å². The summed E-state index contributed by atoms with van der Waals surface area (Å²) in [6, 6.07) is 1.78. The van der Waals surface area contributed by atoms with Gasteiger partial charge >= 0.3 is 5.97 Å². The Labute approximate surface area is 124 Å². The molecule has 1 heterocycles. The molecule has 0 bridgehead atoms. The van der Waals surface area contributed by atoms with Crippen LogP contribution in [0, 0.1) is 6.92 Å². The quantitative estimate of drug-likeness (QED) is 0.442. The van der Waals surface area contributed by atoms with Crippen molar-refractivity contribution in [3.63, 3.8) is 0 Å². The molecule has 1 atom stereocenters. The summed E-state index contributed by atoms with van der Waals surface area (Å²) in [7, 11) is 3.31.